The van der Waals surface area contributed by atoms with E-state index in [1.165, 1.54) is 0 Å². The molecule has 0 saturated heterocycles. The Hall–Kier alpha value is -1.34. The molecule has 0 aliphatic carbocycles. The molecule has 0 saturated carbocycles. The molecule has 0 aromatic heterocycles. The summed E-state index contributed by atoms with van der Waals surface area (Å²) in [5.74, 6) is 1.34. The lowest BCUT2D eigenvalue weighted by atomic mass is 10.2. The van der Waals surface area contributed by atoms with Crippen molar-refractivity contribution in [3.05, 3.63) is 23.8 Å². The van der Waals surface area contributed by atoms with E-state index in [-0.39, 0.29) is 13.2 Å². The van der Waals surface area contributed by atoms with Crippen LogP contribution in [0.25, 0.3) is 0 Å². The van der Waals surface area contributed by atoms with E-state index < -0.39 is 6.10 Å². The van der Waals surface area contributed by atoms with Gasteiger partial charge < -0.3 is 24.4 Å². The van der Waals surface area contributed by atoms with Crippen molar-refractivity contribution in [3.63, 3.8) is 0 Å². The smallest absolute Gasteiger partial charge is 0.161 e. The topological polar surface area (TPSA) is 71.4 Å². The first-order valence-corrected chi connectivity index (χ1v) is 8.44. The number of hydrogen-bond donors (Lipinski definition) is 2. The van der Waals surface area contributed by atoms with Crippen molar-refractivity contribution < 1.29 is 24.4 Å². The summed E-state index contributed by atoms with van der Waals surface area (Å²) in [6.45, 7) is 4.83. The lowest BCUT2D eigenvalue weighted by Gasteiger charge is -2.24. The second kappa shape index (κ2) is 12.1. The van der Waals surface area contributed by atoms with Gasteiger partial charge in [-0.05, 0) is 30.7 Å². The van der Waals surface area contributed by atoms with Crippen molar-refractivity contribution in [1.29, 1.82) is 0 Å². The van der Waals surface area contributed by atoms with Crippen LogP contribution in [0.1, 0.15) is 25.3 Å². The minimum Gasteiger partial charge on any atom is -0.493 e. The number of hydrogen-bond acceptors (Lipinski definition) is 6. The zero-order valence-corrected chi connectivity index (χ0v) is 15.0. The second-order valence-corrected chi connectivity index (χ2v) is 5.74. The zero-order valence-electron chi connectivity index (χ0n) is 15.0. The lowest BCUT2D eigenvalue weighted by Crippen LogP contribution is -2.37. The fraction of sp³-hybridized carbons (Fsp3) is 0.667. The highest BCUT2D eigenvalue weighted by atomic mass is 16.5. The normalized spacial score (nSPS) is 12.4. The van der Waals surface area contributed by atoms with Crippen LogP contribution < -0.4 is 9.47 Å². The summed E-state index contributed by atoms with van der Waals surface area (Å²) in [4.78, 5) is 2.06. The van der Waals surface area contributed by atoms with Gasteiger partial charge in [-0.25, -0.2) is 0 Å². The van der Waals surface area contributed by atoms with Gasteiger partial charge in [0.05, 0.1) is 40.1 Å². The highest BCUT2D eigenvalue weighted by Gasteiger charge is 2.12. The maximum absolute atomic E-state index is 10.1. The van der Waals surface area contributed by atoms with Gasteiger partial charge in [0, 0.05) is 13.1 Å². The van der Waals surface area contributed by atoms with Crippen LogP contribution >= 0.6 is 0 Å². The molecule has 0 bridgehead atoms. The number of aliphatic hydroxyl groups excluding tert-OH is 2. The quantitative estimate of drug-likeness (QED) is 0.569. The van der Waals surface area contributed by atoms with Gasteiger partial charge in [0.15, 0.2) is 11.5 Å². The molecule has 0 spiro atoms. The van der Waals surface area contributed by atoms with Crippen LogP contribution in [0.2, 0.25) is 0 Å². The van der Waals surface area contributed by atoms with E-state index >= 15 is 0 Å². The molecule has 1 aromatic rings. The average molecular weight is 341 g/mol. The Morgan fingerprint density at radius 3 is 2.50 bits per heavy atom. The minimum atomic E-state index is -0.575. The third-order valence-corrected chi connectivity index (χ3v) is 3.74. The van der Waals surface area contributed by atoms with E-state index in [9.17, 15) is 5.11 Å². The number of ether oxygens (including phenoxy) is 3. The van der Waals surface area contributed by atoms with Crippen molar-refractivity contribution in [2.75, 3.05) is 47.1 Å². The van der Waals surface area contributed by atoms with E-state index in [4.69, 9.17) is 19.3 Å². The Kier molecular flexibility index (Phi) is 10.4. The van der Waals surface area contributed by atoms with E-state index in [1.807, 2.05) is 18.2 Å². The number of aliphatic hydroxyl groups is 2. The van der Waals surface area contributed by atoms with Gasteiger partial charge in [0.25, 0.3) is 0 Å². The predicted octanol–water partition coefficient (Wildman–Crippen LogP) is 1.68. The number of rotatable bonds is 13. The lowest BCUT2D eigenvalue weighted by molar-refractivity contribution is 0.00740. The Labute approximate surface area is 144 Å². The van der Waals surface area contributed by atoms with Gasteiger partial charge in [0.1, 0.15) is 0 Å². The number of unbranched alkanes of at least 4 members (excludes halogenated alkanes) is 1. The largest absolute Gasteiger partial charge is 0.493 e. The SMILES string of the molecule is CCCCN(CCO)CC(O)COCc1ccc(OC)c(OC)c1. The second-order valence-electron chi connectivity index (χ2n) is 5.74. The molecular weight excluding hydrogens is 310 g/mol. The number of nitrogens with zero attached hydrogens (tertiary/aromatic N) is 1. The molecule has 1 aromatic carbocycles. The summed E-state index contributed by atoms with van der Waals surface area (Å²) in [7, 11) is 3.19. The molecule has 0 fully saturated rings. The van der Waals surface area contributed by atoms with Crippen LogP contribution in [-0.4, -0.2) is 68.3 Å². The summed E-state index contributed by atoms with van der Waals surface area (Å²) in [5.41, 5.74) is 0.957. The molecule has 24 heavy (non-hydrogen) atoms. The number of benzene rings is 1. The zero-order chi connectivity index (χ0) is 17.8. The monoisotopic (exact) mass is 341 g/mol. The van der Waals surface area contributed by atoms with Gasteiger partial charge in [-0.1, -0.05) is 19.4 Å². The number of methoxy groups -OCH3 is 2. The first-order valence-electron chi connectivity index (χ1n) is 8.44. The molecule has 6 heteroatoms. The fourth-order valence-corrected chi connectivity index (χ4v) is 2.45. The van der Waals surface area contributed by atoms with Crippen molar-refractivity contribution in [2.45, 2.75) is 32.5 Å². The van der Waals surface area contributed by atoms with Crippen molar-refractivity contribution >= 4 is 0 Å². The molecule has 0 amide bonds. The van der Waals surface area contributed by atoms with Gasteiger partial charge in [-0.3, -0.25) is 4.90 Å². The molecule has 0 radical (unpaired) electrons. The molecular formula is C18H31NO5. The highest BCUT2D eigenvalue weighted by Crippen LogP contribution is 2.27. The van der Waals surface area contributed by atoms with E-state index in [0.717, 1.165) is 24.9 Å². The maximum atomic E-state index is 10.1. The fourth-order valence-electron chi connectivity index (χ4n) is 2.45. The van der Waals surface area contributed by atoms with E-state index in [1.54, 1.807) is 14.2 Å². The molecule has 6 nitrogen and oxygen atoms in total. The van der Waals surface area contributed by atoms with E-state index in [2.05, 4.69) is 11.8 Å². The van der Waals surface area contributed by atoms with Crippen LogP contribution in [0.3, 0.4) is 0 Å². The molecule has 2 N–H and O–H groups in total. The van der Waals surface area contributed by atoms with Crippen molar-refractivity contribution in [3.8, 4) is 11.5 Å². The van der Waals surface area contributed by atoms with E-state index in [0.29, 0.717) is 31.2 Å². The Bertz CT molecular complexity index is 455. The van der Waals surface area contributed by atoms with Crippen molar-refractivity contribution in [2.24, 2.45) is 0 Å². The van der Waals surface area contributed by atoms with Crippen LogP contribution in [0.15, 0.2) is 18.2 Å². The standard InChI is InChI=1S/C18H31NO5/c1-4-5-8-19(9-10-20)12-16(21)14-24-13-15-6-7-17(22-2)18(11-15)23-3/h6-7,11,16,20-21H,4-5,8-10,12-14H2,1-3H3. The minimum absolute atomic E-state index is 0.100. The Morgan fingerprint density at radius 1 is 1.12 bits per heavy atom. The molecule has 1 atom stereocenters. The summed E-state index contributed by atoms with van der Waals surface area (Å²) >= 11 is 0. The highest BCUT2D eigenvalue weighted by molar-refractivity contribution is 5.42. The van der Waals surface area contributed by atoms with Crippen LogP contribution in [0.5, 0.6) is 11.5 Å². The van der Waals surface area contributed by atoms with Gasteiger partial charge in [0.2, 0.25) is 0 Å². The molecule has 138 valence electrons. The summed E-state index contributed by atoms with van der Waals surface area (Å²) in [6, 6.07) is 5.61. The maximum Gasteiger partial charge on any atom is 0.161 e. The van der Waals surface area contributed by atoms with Crippen LogP contribution in [0, 0.1) is 0 Å². The first kappa shape index (κ1) is 20.7. The molecule has 1 rings (SSSR count). The molecule has 0 aliphatic heterocycles. The predicted molar refractivity (Wildman–Crippen MR) is 93.6 cm³/mol. The third kappa shape index (κ3) is 7.49. The van der Waals surface area contributed by atoms with Gasteiger partial charge >= 0.3 is 0 Å². The van der Waals surface area contributed by atoms with Gasteiger partial charge in [-0.15, -0.1) is 0 Å². The first-order chi connectivity index (χ1) is 11.6. The Balaban J connectivity index is 2.39. The average Bonchev–Trinajstić information content (AvgIpc) is 2.59. The van der Waals surface area contributed by atoms with Gasteiger partial charge in [-0.2, -0.15) is 0 Å². The summed E-state index contributed by atoms with van der Waals surface area (Å²) in [6.07, 6.45) is 1.57. The van der Waals surface area contributed by atoms with Crippen molar-refractivity contribution in [1.82, 2.24) is 4.90 Å². The third-order valence-electron chi connectivity index (χ3n) is 3.74. The molecule has 0 aliphatic rings. The van der Waals surface area contributed by atoms with Crippen LogP contribution in [-0.2, 0) is 11.3 Å². The van der Waals surface area contributed by atoms with Crippen LogP contribution in [0.4, 0.5) is 0 Å². The molecule has 0 heterocycles. The Morgan fingerprint density at radius 2 is 1.88 bits per heavy atom. The molecule has 1 unspecified atom stereocenters. The summed E-state index contributed by atoms with van der Waals surface area (Å²) < 4.78 is 16.1. The summed E-state index contributed by atoms with van der Waals surface area (Å²) in [5, 5.41) is 19.2.